The number of aliphatic hydroxyl groups excluding tert-OH is 1. The van der Waals surface area contributed by atoms with Crippen molar-refractivity contribution < 1.29 is 14.7 Å². The molecule has 0 saturated carbocycles. The van der Waals surface area contributed by atoms with E-state index < -0.39 is 17.7 Å². The molecule has 2 aliphatic heterocycles. The molecular weight excluding hydrogens is 450 g/mol. The first-order valence-corrected chi connectivity index (χ1v) is 11.7. The van der Waals surface area contributed by atoms with Gasteiger partial charge in [-0.05, 0) is 85.5 Å². The van der Waals surface area contributed by atoms with Crippen molar-refractivity contribution in [3.05, 3.63) is 94.8 Å². The number of benzene rings is 2. The fourth-order valence-electron chi connectivity index (χ4n) is 4.70. The number of aromatic nitrogens is 1. The zero-order valence-corrected chi connectivity index (χ0v) is 19.3. The van der Waals surface area contributed by atoms with Gasteiger partial charge in [0, 0.05) is 47.4 Å². The number of ketones is 1. The van der Waals surface area contributed by atoms with E-state index in [9.17, 15) is 14.7 Å². The molecule has 0 bridgehead atoms. The van der Waals surface area contributed by atoms with Crippen molar-refractivity contribution >= 4 is 40.4 Å². The number of aliphatic hydroxyl groups is 1. The molecule has 34 heavy (non-hydrogen) atoms. The van der Waals surface area contributed by atoms with Gasteiger partial charge in [0.05, 0.1) is 11.6 Å². The maximum Gasteiger partial charge on any atom is 0.300 e. The van der Waals surface area contributed by atoms with Crippen LogP contribution < -0.4 is 9.80 Å². The molecule has 6 nitrogen and oxygen atoms in total. The Bertz CT molecular complexity index is 1230. The first-order valence-electron chi connectivity index (χ1n) is 11.4. The minimum Gasteiger partial charge on any atom is -0.507 e. The Hall–Kier alpha value is -3.64. The van der Waals surface area contributed by atoms with Gasteiger partial charge in [0.1, 0.15) is 5.76 Å². The zero-order valence-electron chi connectivity index (χ0n) is 18.5. The van der Waals surface area contributed by atoms with Crippen LogP contribution in [0, 0.1) is 0 Å². The van der Waals surface area contributed by atoms with E-state index in [0.29, 0.717) is 21.8 Å². The van der Waals surface area contributed by atoms with E-state index in [1.54, 1.807) is 48.8 Å². The molecular formula is C27H24ClN3O3. The van der Waals surface area contributed by atoms with Crippen molar-refractivity contribution in [2.24, 2.45) is 0 Å². The fraction of sp³-hybridized carbons (Fsp3) is 0.222. The highest BCUT2D eigenvalue weighted by Gasteiger charge is 2.47. The van der Waals surface area contributed by atoms with Gasteiger partial charge in [-0.1, -0.05) is 11.6 Å². The van der Waals surface area contributed by atoms with Crippen LogP contribution >= 0.6 is 11.6 Å². The van der Waals surface area contributed by atoms with E-state index in [-0.39, 0.29) is 11.3 Å². The quantitative estimate of drug-likeness (QED) is 0.314. The third-order valence-corrected chi connectivity index (χ3v) is 6.68. The van der Waals surface area contributed by atoms with Crippen LogP contribution in [0.25, 0.3) is 5.76 Å². The normalized spacial score (nSPS) is 20.1. The standard InChI is InChI=1S/C27H24ClN3O3/c28-20-6-4-19(5-7-20)25(32)23-24(18-12-14-29-15-13-18)31(27(34)26(23)33)22-10-8-21(9-11-22)30-16-2-1-3-17-30/h4-15,24,32H,1-3,16-17H2/b25-23+. The van der Waals surface area contributed by atoms with Crippen molar-refractivity contribution in [3.63, 3.8) is 0 Å². The molecule has 0 aliphatic carbocycles. The molecule has 2 aromatic carbocycles. The van der Waals surface area contributed by atoms with E-state index in [4.69, 9.17) is 11.6 Å². The lowest BCUT2D eigenvalue weighted by molar-refractivity contribution is -0.132. The molecule has 1 unspecified atom stereocenters. The number of halogens is 1. The molecule has 3 aromatic rings. The first kappa shape index (κ1) is 22.2. The summed E-state index contributed by atoms with van der Waals surface area (Å²) in [4.78, 5) is 34.3. The van der Waals surface area contributed by atoms with E-state index in [2.05, 4.69) is 9.88 Å². The summed E-state index contributed by atoms with van der Waals surface area (Å²) in [6, 6.07) is 17.0. The van der Waals surface area contributed by atoms with E-state index in [1.807, 2.05) is 24.3 Å². The minimum absolute atomic E-state index is 0.0404. The Balaban J connectivity index is 1.59. The third-order valence-electron chi connectivity index (χ3n) is 6.43. The second-order valence-corrected chi connectivity index (χ2v) is 8.96. The molecule has 2 fully saturated rings. The second kappa shape index (κ2) is 9.31. The van der Waals surface area contributed by atoms with Gasteiger partial charge in [-0.2, -0.15) is 0 Å². The van der Waals surface area contributed by atoms with Gasteiger partial charge >= 0.3 is 0 Å². The highest BCUT2D eigenvalue weighted by molar-refractivity contribution is 6.51. The molecule has 1 atom stereocenters. The number of Topliss-reactive ketones (excluding diaryl/α,β-unsaturated/α-hetero) is 1. The summed E-state index contributed by atoms with van der Waals surface area (Å²) in [6.07, 6.45) is 6.80. The van der Waals surface area contributed by atoms with Crippen LogP contribution in [0.4, 0.5) is 11.4 Å². The molecule has 2 aliphatic rings. The summed E-state index contributed by atoms with van der Waals surface area (Å²) >= 11 is 5.99. The molecule has 1 amide bonds. The average molecular weight is 474 g/mol. The van der Waals surface area contributed by atoms with Crippen molar-refractivity contribution in [3.8, 4) is 0 Å². The largest absolute Gasteiger partial charge is 0.507 e. The van der Waals surface area contributed by atoms with Crippen LogP contribution in [0.2, 0.25) is 5.02 Å². The Kier molecular flexibility index (Phi) is 6.07. The smallest absolute Gasteiger partial charge is 0.300 e. The number of carbonyl (C=O) groups excluding carboxylic acids is 2. The van der Waals surface area contributed by atoms with Crippen molar-refractivity contribution in [1.82, 2.24) is 4.98 Å². The van der Waals surface area contributed by atoms with Gasteiger partial charge in [0.25, 0.3) is 11.7 Å². The lowest BCUT2D eigenvalue weighted by Gasteiger charge is -2.30. The SMILES string of the molecule is O=C1C(=O)N(c2ccc(N3CCCCC3)cc2)C(c2ccncc2)/C1=C(\O)c1ccc(Cl)cc1. The summed E-state index contributed by atoms with van der Waals surface area (Å²) in [7, 11) is 0. The first-order chi connectivity index (χ1) is 16.5. The monoisotopic (exact) mass is 473 g/mol. The van der Waals surface area contributed by atoms with E-state index in [0.717, 1.165) is 18.8 Å². The molecule has 0 spiro atoms. The molecule has 1 aromatic heterocycles. The molecule has 2 saturated heterocycles. The van der Waals surface area contributed by atoms with Crippen LogP contribution in [0.5, 0.6) is 0 Å². The number of hydrogen-bond acceptors (Lipinski definition) is 5. The van der Waals surface area contributed by atoms with Crippen LogP contribution in [0.1, 0.15) is 36.4 Å². The zero-order chi connectivity index (χ0) is 23.7. The molecule has 3 heterocycles. The maximum absolute atomic E-state index is 13.3. The third kappa shape index (κ3) is 4.05. The van der Waals surface area contributed by atoms with Gasteiger partial charge in [-0.25, -0.2) is 0 Å². The van der Waals surface area contributed by atoms with Crippen molar-refractivity contribution in [2.75, 3.05) is 22.9 Å². The van der Waals surface area contributed by atoms with E-state index >= 15 is 0 Å². The predicted molar refractivity (Wildman–Crippen MR) is 133 cm³/mol. The van der Waals surface area contributed by atoms with Crippen LogP contribution in [0.15, 0.2) is 78.6 Å². The number of piperidine rings is 1. The summed E-state index contributed by atoms with van der Waals surface area (Å²) in [5.41, 5.74) is 2.84. The van der Waals surface area contributed by atoms with Gasteiger partial charge in [0.2, 0.25) is 0 Å². The average Bonchev–Trinajstić information content (AvgIpc) is 3.15. The number of carbonyl (C=O) groups is 2. The fourth-order valence-corrected chi connectivity index (χ4v) is 4.83. The Morgan fingerprint density at radius 2 is 1.47 bits per heavy atom. The second-order valence-electron chi connectivity index (χ2n) is 8.52. The number of amides is 1. The Morgan fingerprint density at radius 1 is 0.853 bits per heavy atom. The summed E-state index contributed by atoms with van der Waals surface area (Å²) in [5, 5.41) is 11.6. The Morgan fingerprint density at radius 3 is 2.12 bits per heavy atom. The van der Waals surface area contributed by atoms with Gasteiger partial charge in [-0.3, -0.25) is 19.5 Å². The number of nitrogens with zero attached hydrogens (tertiary/aromatic N) is 3. The molecule has 5 rings (SSSR count). The number of rotatable bonds is 4. The number of hydrogen-bond donors (Lipinski definition) is 1. The highest BCUT2D eigenvalue weighted by atomic mass is 35.5. The summed E-state index contributed by atoms with van der Waals surface area (Å²) < 4.78 is 0. The lowest BCUT2D eigenvalue weighted by Crippen LogP contribution is -2.30. The maximum atomic E-state index is 13.3. The number of pyridine rings is 1. The van der Waals surface area contributed by atoms with Gasteiger partial charge < -0.3 is 10.0 Å². The van der Waals surface area contributed by atoms with Crippen molar-refractivity contribution in [2.45, 2.75) is 25.3 Å². The summed E-state index contributed by atoms with van der Waals surface area (Å²) in [5.74, 6) is -1.64. The topological polar surface area (TPSA) is 73.7 Å². The highest BCUT2D eigenvalue weighted by Crippen LogP contribution is 2.42. The molecule has 7 heteroatoms. The van der Waals surface area contributed by atoms with Gasteiger partial charge in [0.15, 0.2) is 0 Å². The predicted octanol–water partition coefficient (Wildman–Crippen LogP) is 5.35. The van der Waals surface area contributed by atoms with Crippen LogP contribution in [-0.2, 0) is 9.59 Å². The van der Waals surface area contributed by atoms with Crippen LogP contribution in [0.3, 0.4) is 0 Å². The molecule has 0 radical (unpaired) electrons. The van der Waals surface area contributed by atoms with Crippen LogP contribution in [-0.4, -0.2) is 34.9 Å². The molecule has 1 N–H and O–H groups in total. The Labute approximate surface area is 203 Å². The minimum atomic E-state index is -0.778. The summed E-state index contributed by atoms with van der Waals surface area (Å²) in [6.45, 7) is 2.03. The lowest BCUT2D eigenvalue weighted by atomic mass is 9.96. The van der Waals surface area contributed by atoms with E-state index in [1.165, 1.54) is 24.2 Å². The van der Waals surface area contributed by atoms with Crippen molar-refractivity contribution in [1.29, 1.82) is 0 Å². The number of anilines is 2. The van der Waals surface area contributed by atoms with Gasteiger partial charge in [-0.15, -0.1) is 0 Å². The molecule has 172 valence electrons.